The van der Waals surface area contributed by atoms with E-state index in [1.54, 1.807) is 15.4 Å². The van der Waals surface area contributed by atoms with E-state index in [1.165, 1.54) is 0 Å². The van der Waals surface area contributed by atoms with E-state index in [2.05, 4.69) is 61.0 Å². The minimum Gasteiger partial charge on any atom is -0.353 e. The number of hydrogen-bond acceptors (Lipinski definition) is 6. The Bertz CT molecular complexity index is 1510. The van der Waals surface area contributed by atoms with Crippen molar-refractivity contribution in [1.29, 1.82) is 5.26 Å². The molecule has 1 aliphatic rings. The summed E-state index contributed by atoms with van der Waals surface area (Å²) in [4.78, 5) is 21.7. The van der Waals surface area contributed by atoms with Crippen LogP contribution >= 0.6 is 0 Å². The number of aromatic nitrogens is 5. The number of amides is 1. The van der Waals surface area contributed by atoms with Crippen LogP contribution in [0.15, 0.2) is 43.1 Å². The van der Waals surface area contributed by atoms with E-state index in [-0.39, 0.29) is 11.3 Å². The molecule has 0 N–H and O–H groups in total. The molecule has 190 valence electrons. The lowest BCUT2D eigenvalue weighted by atomic mass is 9.91. The number of piperazine rings is 1. The minimum atomic E-state index is -0.0111. The Balaban J connectivity index is 1.44. The number of carbonyl (C=O) groups excluding carboxylic acids is 1. The molecule has 9 heteroatoms. The molecule has 0 saturated carbocycles. The van der Waals surface area contributed by atoms with E-state index >= 15 is 0 Å². The van der Waals surface area contributed by atoms with E-state index < -0.39 is 0 Å². The molecule has 5 rings (SSSR count). The highest BCUT2D eigenvalue weighted by molar-refractivity contribution is 5.88. The number of rotatable bonds is 4. The molecule has 0 spiro atoms. The summed E-state index contributed by atoms with van der Waals surface area (Å²) in [5, 5.41) is 18.4. The highest BCUT2D eigenvalue weighted by atomic mass is 16.2. The third kappa shape index (κ3) is 4.92. The number of nitrogens with zero attached hydrogens (tertiary/aromatic N) is 8. The molecule has 0 radical (unpaired) electrons. The molecule has 0 aliphatic carbocycles. The number of fused-ring (bicyclic) bond motifs is 1. The van der Waals surface area contributed by atoms with Crippen LogP contribution in [0.2, 0.25) is 0 Å². The van der Waals surface area contributed by atoms with Gasteiger partial charge in [0.2, 0.25) is 5.91 Å². The summed E-state index contributed by atoms with van der Waals surface area (Å²) in [5.74, 6) is 1.15. The fourth-order valence-corrected chi connectivity index (χ4v) is 4.93. The number of hydrogen-bond donors (Lipinski definition) is 0. The zero-order valence-corrected chi connectivity index (χ0v) is 22.1. The van der Waals surface area contributed by atoms with Crippen molar-refractivity contribution < 1.29 is 4.79 Å². The van der Waals surface area contributed by atoms with Gasteiger partial charge in [-0.2, -0.15) is 15.5 Å². The van der Waals surface area contributed by atoms with Gasteiger partial charge in [-0.1, -0.05) is 20.8 Å². The summed E-state index contributed by atoms with van der Waals surface area (Å²) in [5.41, 5.74) is 6.07. The SMILES string of the molecule is Cc1cc(-c2cc(-c3cnn(C)c3)cn3ncc(C#N)c23)cnc1N1CCN(C(=O)CC(C)(C)C)CC1. The third-order valence-corrected chi connectivity index (χ3v) is 6.75. The lowest BCUT2D eigenvalue weighted by molar-refractivity contribution is -0.133. The Hall–Kier alpha value is -4.19. The summed E-state index contributed by atoms with van der Waals surface area (Å²) in [7, 11) is 1.89. The van der Waals surface area contributed by atoms with Crippen molar-refractivity contribution in [2.45, 2.75) is 34.1 Å². The van der Waals surface area contributed by atoms with Crippen LogP contribution in [0.4, 0.5) is 5.82 Å². The summed E-state index contributed by atoms with van der Waals surface area (Å²) in [6.07, 6.45) is 9.73. The fourth-order valence-electron chi connectivity index (χ4n) is 4.93. The molecule has 0 atom stereocenters. The first-order chi connectivity index (χ1) is 17.6. The van der Waals surface area contributed by atoms with Crippen molar-refractivity contribution in [2.75, 3.05) is 31.1 Å². The van der Waals surface area contributed by atoms with Crippen molar-refractivity contribution in [1.82, 2.24) is 29.3 Å². The van der Waals surface area contributed by atoms with E-state index in [1.807, 2.05) is 36.7 Å². The lowest BCUT2D eigenvalue weighted by Gasteiger charge is -2.37. The molecule has 0 unspecified atom stereocenters. The summed E-state index contributed by atoms with van der Waals surface area (Å²) in [6.45, 7) is 11.3. The van der Waals surface area contributed by atoms with Gasteiger partial charge in [-0.3, -0.25) is 9.48 Å². The number of aryl methyl sites for hydroxylation is 2. The largest absolute Gasteiger partial charge is 0.353 e. The molecule has 1 fully saturated rings. The average molecular weight is 497 g/mol. The van der Waals surface area contributed by atoms with Crippen molar-refractivity contribution in [2.24, 2.45) is 12.5 Å². The quantitative estimate of drug-likeness (QED) is 0.423. The molecular formula is C28H32N8O. The maximum Gasteiger partial charge on any atom is 0.223 e. The van der Waals surface area contributed by atoms with E-state index in [0.29, 0.717) is 25.1 Å². The van der Waals surface area contributed by atoms with Gasteiger partial charge in [0.15, 0.2) is 0 Å². The first-order valence-electron chi connectivity index (χ1n) is 12.5. The van der Waals surface area contributed by atoms with Crippen LogP contribution in [0.3, 0.4) is 0 Å². The summed E-state index contributed by atoms with van der Waals surface area (Å²) >= 11 is 0. The highest BCUT2D eigenvalue weighted by Crippen LogP contribution is 2.33. The normalized spacial score (nSPS) is 14.3. The number of anilines is 1. The third-order valence-electron chi connectivity index (χ3n) is 6.75. The Labute approximate surface area is 216 Å². The lowest BCUT2D eigenvalue weighted by Crippen LogP contribution is -2.49. The Morgan fingerprint density at radius 1 is 1.00 bits per heavy atom. The standard InChI is InChI=1S/C28H32N8O/c1-19-10-20(14-30-27(19)35-8-6-34(7-9-35)25(37)12-28(2,3)4)24-11-21(23-16-31-33(5)17-23)18-36-26(24)22(13-29)15-32-36/h10-11,14-18H,6-9,12H2,1-5H3. The van der Waals surface area contributed by atoms with Crippen molar-refractivity contribution >= 4 is 17.2 Å². The number of pyridine rings is 2. The van der Waals surface area contributed by atoms with Gasteiger partial charge in [-0.15, -0.1) is 0 Å². The number of carbonyl (C=O) groups is 1. The number of nitriles is 1. The van der Waals surface area contributed by atoms with Gasteiger partial charge in [0.05, 0.1) is 23.5 Å². The molecule has 1 saturated heterocycles. The van der Waals surface area contributed by atoms with Gasteiger partial charge < -0.3 is 9.80 Å². The molecule has 0 aromatic carbocycles. The van der Waals surface area contributed by atoms with E-state index in [4.69, 9.17) is 4.98 Å². The Morgan fingerprint density at radius 2 is 1.76 bits per heavy atom. The Morgan fingerprint density at radius 3 is 2.38 bits per heavy atom. The predicted molar refractivity (Wildman–Crippen MR) is 143 cm³/mol. The second-order valence-electron chi connectivity index (χ2n) is 11.0. The van der Waals surface area contributed by atoms with E-state index in [0.717, 1.165) is 52.2 Å². The second kappa shape index (κ2) is 9.36. The summed E-state index contributed by atoms with van der Waals surface area (Å²) < 4.78 is 3.52. The van der Waals surface area contributed by atoms with Crippen molar-refractivity contribution in [3.63, 3.8) is 0 Å². The van der Waals surface area contributed by atoms with Crippen LogP contribution in [0.5, 0.6) is 0 Å². The zero-order chi connectivity index (χ0) is 26.3. The fraction of sp³-hybridized carbons (Fsp3) is 0.393. The maximum atomic E-state index is 12.7. The Kier molecular flexibility index (Phi) is 6.20. The molecule has 4 aromatic heterocycles. The topological polar surface area (TPSA) is 95.3 Å². The van der Waals surface area contributed by atoms with Crippen molar-refractivity contribution in [3.05, 3.63) is 54.2 Å². The maximum absolute atomic E-state index is 12.7. The molecule has 4 aromatic rings. The second-order valence-corrected chi connectivity index (χ2v) is 11.0. The molecule has 0 bridgehead atoms. The van der Waals surface area contributed by atoms with Gasteiger partial charge in [0.1, 0.15) is 11.9 Å². The molecular weight excluding hydrogens is 464 g/mol. The molecule has 37 heavy (non-hydrogen) atoms. The molecule has 1 aliphatic heterocycles. The minimum absolute atomic E-state index is 0.0111. The first kappa shape index (κ1) is 24.5. The molecule has 5 heterocycles. The van der Waals surface area contributed by atoms with Crippen LogP contribution in [0.1, 0.15) is 38.3 Å². The van der Waals surface area contributed by atoms with Gasteiger partial charge in [-0.05, 0) is 30.0 Å². The average Bonchev–Trinajstić information content (AvgIpc) is 3.48. The van der Waals surface area contributed by atoms with Gasteiger partial charge in [0, 0.05) is 80.5 Å². The molecule has 1 amide bonds. The van der Waals surface area contributed by atoms with Crippen LogP contribution in [-0.4, -0.2) is 61.4 Å². The van der Waals surface area contributed by atoms with Crippen molar-refractivity contribution in [3.8, 4) is 28.3 Å². The van der Waals surface area contributed by atoms with Crippen LogP contribution < -0.4 is 4.90 Å². The summed E-state index contributed by atoms with van der Waals surface area (Å²) in [6, 6.07) is 6.46. The van der Waals surface area contributed by atoms with Crippen LogP contribution in [-0.2, 0) is 11.8 Å². The highest BCUT2D eigenvalue weighted by Gasteiger charge is 2.26. The molecule has 9 nitrogen and oxygen atoms in total. The van der Waals surface area contributed by atoms with Gasteiger partial charge >= 0.3 is 0 Å². The van der Waals surface area contributed by atoms with Crippen LogP contribution in [0, 0.1) is 23.7 Å². The van der Waals surface area contributed by atoms with E-state index in [9.17, 15) is 10.1 Å². The van der Waals surface area contributed by atoms with Gasteiger partial charge in [-0.25, -0.2) is 9.50 Å². The zero-order valence-electron chi connectivity index (χ0n) is 22.1. The van der Waals surface area contributed by atoms with Gasteiger partial charge in [0.25, 0.3) is 0 Å². The first-order valence-corrected chi connectivity index (χ1v) is 12.5. The monoisotopic (exact) mass is 496 g/mol. The van der Waals surface area contributed by atoms with Crippen LogP contribution in [0.25, 0.3) is 27.8 Å². The smallest absolute Gasteiger partial charge is 0.223 e. The predicted octanol–water partition coefficient (Wildman–Crippen LogP) is 4.06.